The molecule has 0 radical (unpaired) electrons. The van der Waals surface area contributed by atoms with E-state index in [1.807, 2.05) is 36.4 Å². The van der Waals surface area contributed by atoms with Gasteiger partial charge in [0.25, 0.3) is 0 Å². The Labute approximate surface area is 204 Å². The van der Waals surface area contributed by atoms with Crippen molar-refractivity contribution in [2.45, 2.75) is 23.8 Å². The van der Waals surface area contributed by atoms with E-state index in [4.69, 9.17) is 34.8 Å². The molecule has 2 unspecified atom stereocenters. The highest BCUT2D eigenvalue weighted by Gasteiger charge is 2.31. The molecule has 0 bridgehead atoms. The first-order valence-electron chi connectivity index (χ1n) is 10.4. The summed E-state index contributed by atoms with van der Waals surface area (Å²) in [5.74, 6) is 0.145. The highest BCUT2D eigenvalue weighted by molar-refractivity contribution is 7.89. The molecular weight excluding hydrogens is 487 g/mol. The fourth-order valence-electron chi connectivity index (χ4n) is 4.14. The van der Waals surface area contributed by atoms with Gasteiger partial charge in [-0.3, -0.25) is 0 Å². The van der Waals surface area contributed by atoms with E-state index in [1.165, 1.54) is 0 Å². The molecular formula is C24H23Cl3N2O2S. The molecule has 0 aromatic heterocycles. The van der Waals surface area contributed by atoms with Crippen molar-refractivity contribution in [1.82, 2.24) is 4.72 Å². The number of benzene rings is 3. The lowest BCUT2D eigenvalue weighted by atomic mass is 9.88. The zero-order valence-corrected chi connectivity index (χ0v) is 20.3. The van der Waals surface area contributed by atoms with Crippen LogP contribution in [0.3, 0.4) is 0 Å². The Kier molecular flexibility index (Phi) is 7.33. The quantitative estimate of drug-likeness (QED) is 0.408. The van der Waals surface area contributed by atoms with Crippen molar-refractivity contribution in [1.29, 1.82) is 0 Å². The molecule has 1 N–H and O–H groups in total. The number of sulfonamides is 1. The van der Waals surface area contributed by atoms with Crippen LogP contribution in [0.15, 0.2) is 77.7 Å². The molecule has 8 heteroatoms. The summed E-state index contributed by atoms with van der Waals surface area (Å²) in [7, 11) is -3.55. The Morgan fingerprint density at radius 3 is 2.25 bits per heavy atom. The minimum absolute atomic E-state index is 0.0583. The molecule has 3 aromatic carbocycles. The standard InChI is InChI=1S/C24H23Cl3N2O2S/c25-18-7-10-20(11-8-18)29-16-17(15-28-32(30,31)21-4-2-1-3-5-21)6-13-24(29)22-12-9-19(26)14-23(22)27/h1-5,7-12,14,17,24,28H,6,13,15-16H2. The Balaban J connectivity index is 1.55. The molecule has 32 heavy (non-hydrogen) atoms. The molecule has 2 atom stereocenters. The maximum Gasteiger partial charge on any atom is 0.240 e. The first kappa shape index (κ1) is 23.4. The van der Waals surface area contributed by atoms with Crippen LogP contribution in [0.4, 0.5) is 5.69 Å². The number of hydrogen-bond acceptors (Lipinski definition) is 3. The van der Waals surface area contributed by atoms with Crippen molar-refractivity contribution in [3.8, 4) is 0 Å². The summed E-state index contributed by atoms with van der Waals surface area (Å²) in [6, 6.07) is 21.8. The Morgan fingerprint density at radius 1 is 0.875 bits per heavy atom. The van der Waals surface area contributed by atoms with E-state index in [0.29, 0.717) is 28.2 Å². The van der Waals surface area contributed by atoms with Gasteiger partial charge in [0.1, 0.15) is 0 Å². The number of nitrogens with zero attached hydrogens (tertiary/aromatic N) is 1. The lowest BCUT2D eigenvalue weighted by Gasteiger charge is -2.42. The van der Waals surface area contributed by atoms with Gasteiger partial charge < -0.3 is 4.90 Å². The van der Waals surface area contributed by atoms with Gasteiger partial charge in [-0.2, -0.15) is 0 Å². The van der Waals surface area contributed by atoms with Gasteiger partial charge in [0.15, 0.2) is 0 Å². The van der Waals surface area contributed by atoms with Gasteiger partial charge in [-0.1, -0.05) is 59.1 Å². The van der Waals surface area contributed by atoms with E-state index < -0.39 is 10.0 Å². The van der Waals surface area contributed by atoms with Crippen LogP contribution in [-0.4, -0.2) is 21.5 Å². The summed E-state index contributed by atoms with van der Waals surface area (Å²) in [5, 5.41) is 1.89. The van der Waals surface area contributed by atoms with E-state index in [1.54, 1.807) is 36.4 Å². The SMILES string of the molecule is O=S(=O)(NCC1CCC(c2ccc(Cl)cc2Cl)N(c2ccc(Cl)cc2)C1)c1ccccc1. The third-order valence-corrected chi connectivity index (χ3v) is 8.03. The normalized spacial score (nSPS) is 19.2. The van der Waals surface area contributed by atoms with Crippen LogP contribution < -0.4 is 9.62 Å². The summed E-state index contributed by atoms with van der Waals surface area (Å²) in [6.07, 6.45) is 1.70. The number of hydrogen-bond donors (Lipinski definition) is 1. The van der Waals surface area contributed by atoms with Gasteiger partial charge in [0, 0.05) is 33.8 Å². The lowest BCUT2D eigenvalue weighted by molar-refractivity contribution is 0.358. The van der Waals surface area contributed by atoms with E-state index in [0.717, 1.165) is 24.1 Å². The zero-order valence-electron chi connectivity index (χ0n) is 17.2. The highest BCUT2D eigenvalue weighted by Crippen LogP contribution is 2.40. The predicted octanol–water partition coefficient (Wildman–Crippen LogP) is 6.58. The van der Waals surface area contributed by atoms with Crippen LogP contribution in [0, 0.1) is 5.92 Å². The smallest absolute Gasteiger partial charge is 0.240 e. The van der Waals surface area contributed by atoms with E-state index in [-0.39, 0.29) is 16.9 Å². The Hall–Kier alpha value is -1.76. The lowest BCUT2D eigenvalue weighted by Crippen LogP contribution is -2.42. The van der Waals surface area contributed by atoms with Crippen molar-refractivity contribution in [2.24, 2.45) is 5.92 Å². The third-order valence-electron chi connectivity index (χ3n) is 5.77. The van der Waals surface area contributed by atoms with Gasteiger partial charge in [-0.15, -0.1) is 0 Å². The number of piperidine rings is 1. The summed E-state index contributed by atoms with van der Waals surface area (Å²) in [4.78, 5) is 2.55. The van der Waals surface area contributed by atoms with E-state index >= 15 is 0 Å². The molecule has 4 nitrogen and oxygen atoms in total. The van der Waals surface area contributed by atoms with Crippen LogP contribution in [0.25, 0.3) is 0 Å². The van der Waals surface area contributed by atoms with Crippen molar-refractivity contribution in [3.63, 3.8) is 0 Å². The minimum Gasteiger partial charge on any atom is -0.364 e. The first-order valence-corrected chi connectivity index (χ1v) is 13.0. The molecule has 0 amide bonds. The molecule has 0 aliphatic carbocycles. The fourth-order valence-corrected chi connectivity index (χ4v) is 5.93. The third kappa shape index (κ3) is 5.41. The number of halogens is 3. The molecule has 1 aliphatic rings. The van der Waals surface area contributed by atoms with Gasteiger partial charge in [0.2, 0.25) is 10.0 Å². The maximum absolute atomic E-state index is 12.7. The average molecular weight is 510 g/mol. The largest absolute Gasteiger partial charge is 0.364 e. The summed E-state index contributed by atoms with van der Waals surface area (Å²) in [5.41, 5.74) is 2.02. The van der Waals surface area contributed by atoms with Gasteiger partial charge in [-0.05, 0) is 72.9 Å². The average Bonchev–Trinajstić information content (AvgIpc) is 2.79. The second-order valence-corrected chi connectivity index (χ2v) is 11.0. The Bertz CT molecular complexity index is 1170. The molecule has 1 aliphatic heterocycles. The van der Waals surface area contributed by atoms with Crippen LogP contribution in [-0.2, 0) is 10.0 Å². The molecule has 1 fully saturated rings. The minimum atomic E-state index is -3.55. The summed E-state index contributed by atoms with van der Waals surface area (Å²) >= 11 is 18.8. The molecule has 0 spiro atoms. The van der Waals surface area contributed by atoms with Crippen molar-refractivity contribution in [2.75, 3.05) is 18.0 Å². The second kappa shape index (κ2) is 10.0. The van der Waals surface area contributed by atoms with Crippen LogP contribution in [0.2, 0.25) is 15.1 Å². The summed E-state index contributed by atoms with van der Waals surface area (Å²) < 4.78 is 28.1. The topological polar surface area (TPSA) is 49.4 Å². The van der Waals surface area contributed by atoms with Crippen LogP contribution in [0.1, 0.15) is 24.4 Å². The van der Waals surface area contributed by atoms with Crippen LogP contribution in [0.5, 0.6) is 0 Å². The summed E-state index contributed by atoms with van der Waals surface area (Å²) in [6.45, 7) is 1.05. The van der Waals surface area contributed by atoms with Crippen LogP contribution >= 0.6 is 34.8 Å². The number of nitrogens with one attached hydrogen (secondary N) is 1. The molecule has 1 saturated heterocycles. The van der Waals surface area contributed by atoms with Gasteiger partial charge >= 0.3 is 0 Å². The highest BCUT2D eigenvalue weighted by atomic mass is 35.5. The Morgan fingerprint density at radius 2 is 1.56 bits per heavy atom. The molecule has 1 heterocycles. The maximum atomic E-state index is 12.7. The van der Waals surface area contributed by atoms with Crippen molar-refractivity contribution >= 4 is 50.5 Å². The van der Waals surface area contributed by atoms with Gasteiger partial charge in [-0.25, -0.2) is 13.1 Å². The molecule has 0 saturated carbocycles. The fraction of sp³-hybridized carbons (Fsp3) is 0.250. The zero-order chi connectivity index (χ0) is 22.7. The molecule has 3 aromatic rings. The number of rotatable bonds is 6. The first-order chi connectivity index (χ1) is 15.3. The van der Waals surface area contributed by atoms with Crippen molar-refractivity contribution in [3.05, 3.63) is 93.4 Å². The second-order valence-electron chi connectivity index (χ2n) is 7.92. The molecule has 4 rings (SSSR count). The predicted molar refractivity (Wildman–Crippen MR) is 132 cm³/mol. The monoisotopic (exact) mass is 508 g/mol. The van der Waals surface area contributed by atoms with Crippen molar-refractivity contribution < 1.29 is 8.42 Å². The van der Waals surface area contributed by atoms with E-state index in [9.17, 15) is 8.42 Å². The number of anilines is 1. The van der Waals surface area contributed by atoms with E-state index in [2.05, 4.69) is 9.62 Å². The molecule has 168 valence electrons. The van der Waals surface area contributed by atoms with Gasteiger partial charge in [0.05, 0.1) is 10.9 Å².